The van der Waals surface area contributed by atoms with Gasteiger partial charge in [-0.25, -0.2) is 9.59 Å². The molecule has 0 unspecified atom stereocenters. The third-order valence-corrected chi connectivity index (χ3v) is 3.18. The largest absolute Gasteiger partial charge is 0.478 e. The second-order valence-electron chi connectivity index (χ2n) is 4.37. The van der Waals surface area contributed by atoms with E-state index in [0.29, 0.717) is 38.5 Å². The van der Waals surface area contributed by atoms with Gasteiger partial charge in [0.25, 0.3) is 0 Å². The zero-order valence-electron chi connectivity index (χ0n) is 11.3. The average Bonchev–Trinajstić information content (AvgIpc) is 2.47. The van der Waals surface area contributed by atoms with Crippen molar-refractivity contribution < 1.29 is 19.4 Å². The molecule has 0 saturated carbocycles. The van der Waals surface area contributed by atoms with Gasteiger partial charge < -0.3 is 19.6 Å². The molecule has 1 aliphatic heterocycles. The minimum Gasteiger partial charge on any atom is -0.478 e. The van der Waals surface area contributed by atoms with Gasteiger partial charge in [0.05, 0.1) is 24.1 Å². The third-order valence-electron chi connectivity index (χ3n) is 3.18. The molecule has 0 atom stereocenters. The summed E-state index contributed by atoms with van der Waals surface area (Å²) in [6.07, 6.45) is 2.68. The molecular formula is C13H17N3O4. The first-order valence-corrected chi connectivity index (χ1v) is 6.47. The molecule has 7 nitrogen and oxygen atoms in total. The number of pyridine rings is 1. The van der Waals surface area contributed by atoms with E-state index in [4.69, 9.17) is 9.84 Å². The Bertz CT molecular complexity index is 498. The fourth-order valence-electron chi connectivity index (χ4n) is 2.16. The number of carbonyl (C=O) groups excluding carboxylic acids is 1. The Balaban J connectivity index is 2.04. The first kappa shape index (κ1) is 14.1. The molecule has 108 valence electrons. The molecule has 0 aromatic carbocycles. The van der Waals surface area contributed by atoms with Crippen molar-refractivity contribution in [3.05, 3.63) is 24.0 Å². The van der Waals surface area contributed by atoms with Gasteiger partial charge in [-0.1, -0.05) is 0 Å². The van der Waals surface area contributed by atoms with Crippen LogP contribution in [0.2, 0.25) is 0 Å². The van der Waals surface area contributed by atoms with Crippen molar-refractivity contribution in [1.29, 1.82) is 0 Å². The second kappa shape index (κ2) is 6.23. The topological polar surface area (TPSA) is 83.0 Å². The number of hydrogen-bond acceptors (Lipinski definition) is 5. The minimum atomic E-state index is -0.977. The highest BCUT2D eigenvalue weighted by molar-refractivity contribution is 5.94. The van der Waals surface area contributed by atoms with Gasteiger partial charge in [0.15, 0.2) is 0 Å². The molecule has 2 rings (SSSR count). The number of nitrogens with zero attached hydrogens (tertiary/aromatic N) is 3. The van der Waals surface area contributed by atoms with E-state index in [1.54, 1.807) is 18.0 Å². The van der Waals surface area contributed by atoms with Crippen LogP contribution in [0.25, 0.3) is 0 Å². The van der Waals surface area contributed by atoms with E-state index in [2.05, 4.69) is 4.98 Å². The van der Waals surface area contributed by atoms with Crippen LogP contribution in [0.1, 0.15) is 17.3 Å². The van der Waals surface area contributed by atoms with Crippen LogP contribution in [0, 0.1) is 0 Å². The van der Waals surface area contributed by atoms with Gasteiger partial charge in [-0.15, -0.1) is 0 Å². The van der Waals surface area contributed by atoms with Gasteiger partial charge in [-0.3, -0.25) is 4.98 Å². The van der Waals surface area contributed by atoms with E-state index < -0.39 is 5.97 Å². The molecule has 0 spiro atoms. The molecule has 1 aliphatic rings. The van der Waals surface area contributed by atoms with Gasteiger partial charge in [0.2, 0.25) is 0 Å². The van der Waals surface area contributed by atoms with Crippen molar-refractivity contribution in [1.82, 2.24) is 9.88 Å². The van der Waals surface area contributed by atoms with Crippen molar-refractivity contribution in [2.45, 2.75) is 6.92 Å². The van der Waals surface area contributed by atoms with Crippen molar-refractivity contribution in [2.75, 3.05) is 37.7 Å². The first-order chi connectivity index (χ1) is 9.63. The lowest BCUT2D eigenvalue weighted by Crippen LogP contribution is -2.49. The maximum absolute atomic E-state index is 11.6. The molecule has 7 heteroatoms. The van der Waals surface area contributed by atoms with Crippen LogP contribution < -0.4 is 4.90 Å². The van der Waals surface area contributed by atoms with Crippen LogP contribution in [0.3, 0.4) is 0 Å². The van der Waals surface area contributed by atoms with Crippen LogP contribution >= 0.6 is 0 Å². The molecule has 1 amide bonds. The summed E-state index contributed by atoms with van der Waals surface area (Å²) in [6.45, 7) is 4.25. The molecule has 2 heterocycles. The fraction of sp³-hybridized carbons (Fsp3) is 0.462. The molecule has 1 saturated heterocycles. The Morgan fingerprint density at radius 3 is 2.65 bits per heavy atom. The summed E-state index contributed by atoms with van der Waals surface area (Å²) in [6, 6.07) is 1.48. The fourth-order valence-corrected chi connectivity index (χ4v) is 2.16. The summed E-state index contributed by atoms with van der Waals surface area (Å²) in [7, 11) is 0. The van der Waals surface area contributed by atoms with Crippen LogP contribution in [0.15, 0.2) is 18.5 Å². The Hall–Kier alpha value is -2.31. The number of anilines is 1. The summed E-state index contributed by atoms with van der Waals surface area (Å²) < 4.78 is 4.95. The molecule has 1 N–H and O–H groups in total. The smallest absolute Gasteiger partial charge is 0.409 e. The molecule has 0 bridgehead atoms. The second-order valence-corrected chi connectivity index (χ2v) is 4.37. The normalized spacial score (nSPS) is 15.1. The molecule has 1 aromatic heterocycles. The van der Waals surface area contributed by atoms with Gasteiger partial charge in [0.1, 0.15) is 0 Å². The number of hydrogen-bond donors (Lipinski definition) is 1. The number of aromatic carboxylic acids is 1. The van der Waals surface area contributed by atoms with Crippen molar-refractivity contribution in [2.24, 2.45) is 0 Å². The number of amides is 1. The summed E-state index contributed by atoms with van der Waals surface area (Å²) in [5, 5.41) is 9.17. The number of ether oxygens (including phenoxy) is 1. The molecule has 1 aromatic rings. The first-order valence-electron chi connectivity index (χ1n) is 6.47. The quantitative estimate of drug-likeness (QED) is 0.890. The third kappa shape index (κ3) is 2.98. The molecule has 1 fully saturated rings. The number of rotatable bonds is 3. The van der Waals surface area contributed by atoms with Crippen molar-refractivity contribution in [3.8, 4) is 0 Å². The van der Waals surface area contributed by atoms with Crippen LogP contribution in [-0.2, 0) is 4.74 Å². The van der Waals surface area contributed by atoms with E-state index in [0.717, 1.165) is 0 Å². The SMILES string of the molecule is CCOC(=O)N1CCN(c2cnccc2C(=O)O)CC1. The molecule has 20 heavy (non-hydrogen) atoms. The van der Waals surface area contributed by atoms with Crippen LogP contribution in [0.4, 0.5) is 10.5 Å². The maximum atomic E-state index is 11.6. The van der Waals surface area contributed by atoms with E-state index in [1.165, 1.54) is 12.3 Å². The Kier molecular flexibility index (Phi) is 4.39. The highest BCUT2D eigenvalue weighted by atomic mass is 16.6. The van der Waals surface area contributed by atoms with E-state index in [1.807, 2.05) is 4.90 Å². The lowest BCUT2D eigenvalue weighted by Gasteiger charge is -2.35. The van der Waals surface area contributed by atoms with Crippen molar-refractivity contribution in [3.63, 3.8) is 0 Å². The predicted octanol–water partition coefficient (Wildman–Crippen LogP) is 1.06. The lowest BCUT2D eigenvalue weighted by molar-refractivity contribution is 0.0696. The Morgan fingerprint density at radius 2 is 2.05 bits per heavy atom. The van der Waals surface area contributed by atoms with Gasteiger partial charge in [-0.05, 0) is 13.0 Å². The number of aromatic nitrogens is 1. The lowest BCUT2D eigenvalue weighted by atomic mass is 10.2. The molecular weight excluding hydrogens is 262 g/mol. The van der Waals surface area contributed by atoms with E-state index in [-0.39, 0.29) is 11.7 Å². The summed E-state index contributed by atoms with van der Waals surface area (Å²) in [4.78, 5) is 30.3. The summed E-state index contributed by atoms with van der Waals surface area (Å²) in [5.41, 5.74) is 0.813. The Labute approximate surface area is 116 Å². The average molecular weight is 279 g/mol. The highest BCUT2D eigenvalue weighted by Gasteiger charge is 2.24. The highest BCUT2D eigenvalue weighted by Crippen LogP contribution is 2.20. The summed E-state index contributed by atoms with van der Waals surface area (Å²) >= 11 is 0. The predicted molar refractivity (Wildman–Crippen MR) is 72.0 cm³/mol. The number of carbonyl (C=O) groups is 2. The zero-order chi connectivity index (χ0) is 14.5. The van der Waals surface area contributed by atoms with Gasteiger partial charge >= 0.3 is 12.1 Å². The van der Waals surface area contributed by atoms with E-state index >= 15 is 0 Å². The van der Waals surface area contributed by atoms with Crippen LogP contribution in [-0.4, -0.2) is 59.8 Å². The Morgan fingerprint density at radius 1 is 1.35 bits per heavy atom. The zero-order valence-corrected chi connectivity index (χ0v) is 11.3. The van der Waals surface area contributed by atoms with E-state index in [9.17, 15) is 9.59 Å². The standard InChI is InChI=1S/C13H17N3O4/c1-2-20-13(19)16-7-5-15(6-8-16)11-9-14-4-3-10(11)12(17)18/h3-4,9H,2,5-8H2,1H3,(H,17,18). The van der Waals surface area contributed by atoms with Crippen molar-refractivity contribution >= 4 is 17.7 Å². The number of carboxylic acids is 1. The monoisotopic (exact) mass is 279 g/mol. The van der Waals surface area contributed by atoms with Crippen LogP contribution in [0.5, 0.6) is 0 Å². The van der Waals surface area contributed by atoms with Gasteiger partial charge in [-0.2, -0.15) is 0 Å². The minimum absolute atomic E-state index is 0.226. The van der Waals surface area contributed by atoms with Gasteiger partial charge in [0, 0.05) is 32.4 Å². The number of carboxylic acid groups (broad SMARTS) is 1. The maximum Gasteiger partial charge on any atom is 0.409 e. The molecule has 0 radical (unpaired) electrons. The molecule has 0 aliphatic carbocycles. The summed E-state index contributed by atoms with van der Waals surface area (Å²) in [5.74, 6) is -0.977. The number of piperazine rings is 1.